The van der Waals surface area contributed by atoms with Gasteiger partial charge in [-0.3, -0.25) is 19.3 Å². The molecule has 0 aliphatic carbocycles. The fourth-order valence-corrected chi connectivity index (χ4v) is 6.05. The first kappa shape index (κ1) is 24.0. The van der Waals surface area contributed by atoms with Gasteiger partial charge in [-0.15, -0.1) is 0 Å². The van der Waals surface area contributed by atoms with Crippen molar-refractivity contribution in [2.45, 2.75) is 45.3 Å². The predicted octanol–water partition coefficient (Wildman–Crippen LogP) is 4.42. The van der Waals surface area contributed by atoms with E-state index in [-0.39, 0.29) is 23.6 Å². The lowest BCUT2D eigenvalue weighted by Gasteiger charge is -2.44. The standard InChI is InChI=1S/C26H29ClN4O3S/c1-16-13-31(17(2)12-30(16)14-18-5-8-35-15-18)25(33)20-9-19-21(11-28-23(19)10-22(20)27)24(32)26(34)29-6-3-4-7-29/h5,8-11,15-17,28H,3-4,6-7,12-14H2,1-2H3/t16-,17+/m0/s1. The summed E-state index contributed by atoms with van der Waals surface area (Å²) in [6, 6.07) is 5.67. The topological polar surface area (TPSA) is 76.7 Å². The zero-order valence-corrected chi connectivity index (χ0v) is 21.5. The number of carbonyl (C=O) groups is 3. The molecule has 2 fully saturated rings. The van der Waals surface area contributed by atoms with Crippen LogP contribution >= 0.6 is 22.9 Å². The molecule has 0 bridgehead atoms. The van der Waals surface area contributed by atoms with Gasteiger partial charge in [0.15, 0.2) is 0 Å². The van der Waals surface area contributed by atoms with Crippen LogP contribution in [-0.4, -0.2) is 75.5 Å². The lowest BCUT2D eigenvalue weighted by atomic mass is 10.0. The maximum absolute atomic E-state index is 13.6. The SMILES string of the molecule is C[C@@H]1CN(Cc2ccsc2)[C@@H](C)CN1C(=O)c1cc2c(C(=O)C(=O)N3CCCC3)c[nH]c2cc1Cl. The molecule has 4 heterocycles. The number of carbonyl (C=O) groups excluding carboxylic acids is 3. The Morgan fingerprint density at radius 3 is 2.57 bits per heavy atom. The van der Waals surface area contributed by atoms with E-state index in [0.29, 0.717) is 41.1 Å². The summed E-state index contributed by atoms with van der Waals surface area (Å²) in [6.07, 6.45) is 3.37. The summed E-state index contributed by atoms with van der Waals surface area (Å²) < 4.78 is 0. The van der Waals surface area contributed by atoms with Crippen molar-refractivity contribution >= 4 is 51.4 Å². The second kappa shape index (κ2) is 9.76. The molecule has 3 aromatic rings. The lowest BCUT2D eigenvalue weighted by Crippen LogP contribution is -2.57. The number of piperazine rings is 1. The van der Waals surface area contributed by atoms with E-state index < -0.39 is 11.7 Å². The summed E-state index contributed by atoms with van der Waals surface area (Å²) in [7, 11) is 0. The molecule has 2 amide bonds. The molecule has 2 saturated heterocycles. The van der Waals surface area contributed by atoms with E-state index >= 15 is 0 Å². The number of fused-ring (bicyclic) bond motifs is 1. The third kappa shape index (κ3) is 4.62. The molecule has 7 nitrogen and oxygen atoms in total. The number of halogens is 1. The molecule has 5 rings (SSSR count). The number of hydrogen-bond donors (Lipinski definition) is 1. The number of hydrogen-bond acceptors (Lipinski definition) is 5. The van der Waals surface area contributed by atoms with E-state index in [1.165, 1.54) is 5.56 Å². The fourth-order valence-electron chi connectivity index (χ4n) is 5.15. The van der Waals surface area contributed by atoms with Crippen molar-refractivity contribution in [1.82, 2.24) is 19.7 Å². The fraction of sp³-hybridized carbons (Fsp3) is 0.423. The van der Waals surface area contributed by atoms with E-state index in [2.05, 4.69) is 40.6 Å². The highest BCUT2D eigenvalue weighted by atomic mass is 35.5. The number of aromatic nitrogens is 1. The Hall–Kier alpha value is -2.68. The van der Waals surface area contributed by atoms with Crippen molar-refractivity contribution in [2.75, 3.05) is 26.2 Å². The number of likely N-dealkylation sites (tertiary alicyclic amines) is 1. The van der Waals surface area contributed by atoms with Crippen LogP contribution < -0.4 is 0 Å². The number of aromatic amines is 1. The van der Waals surface area contributed by atoms with E-state index in [0.717, 1.165) is 25.9 Å². The molecule has 2 atom stereocenters. The van der Waals surface area contributed by atoms with Gasteiger partial charge in [0.1, 0.15) is 0 Å². The van der Waals surface area contributed by atoms with E-state index in [1.807, 2.05) is 4.90 Å². The molecule has 1 aromatic carbocycles. The smallest absolute Gasteiger partial charge is 0.295 e. The van der Waals surface area contributed by atoms with E-state index in [4.69, 9.17) is 11.6 Å². The van der Waals surface area contributed by atoms with Crippen LogP contribution in [0.1, 0.15) is 53.0 Å². The molecule has 2 aromatic heterocycles. The van der Waals surface area contributed by atoms with Crippen LogP contribution in [0.5, 0.6) is 0 Å². The monoisotopic (exact) mass is 512 g/mol. The first-order chi connectivity index (χ1) is 16.8. The van der Waals surface area contributed by atoms with Gasteiger partial charge in [0, 0.05) is 61.9 Å². The van der Waals surface area contributed by atoms with Crippen molar-refractivity contribution in [1.29, 1.82) is 0 Å². The molecular formula is C26H29ClN4O3S. The minimum absolute atomic E-state index is 0.00757. The third-order valence-electron chi connectivity index (χ3n) is 7.17. The van der Waals surface area contributed by atoms with Crippen LogP contribution in [0.2, 0.25) is 5.02 Å². The largest absolute Gasteiger partial charge is 0.360 e. The number of thiophene rings is 1. The zero-order valence-electron chi connectivity index (χ0n) is 19.9. The lowest BCUT2D eigenvalue weighted by molar-refractivity contribution is -0.125. The predicted molar refractivity (Wildman–Crippen MR) is 138 cm³/mol. The normalized spacial score (nSPS) is 21.1. The minimum atomic E-state index is -0.553. The molecular weight excluding hydrogens is 484 g/mol. The molecule has 0 saturated carbocycles. The summed E-state index contributed by atoms with van der Waals surface area (Å²) >= 11 is 8.23. The van der Waals surface area contributed by atoms with Crippen LogP contribution in [-0.2, 0) is 11.3 Å². The molecule has 0 spiro atoms. The van der Waals surface area contributed by atoms with Crippen LogP contribution in [0.25, 0.3) is 10.9 Å². The number of benzene rings is 1. The van der Waals surface area contributed by atoms with Gasteiger partial charge in [-0.25, -0.2) is 0 Å². The molecule has 2 aliphatic heterocycles. The first-order valence-electron chi connectivity index (χ1n) is 12.0. The van der Waals surface area contributed by atoms with Gasteiger partial charge in [0.25, 0.3) is 17.6 Å². The van der Waals surface area contributed by atoms with Crippen LogP contribution in [0.15, 0.2) is 35.2 Å². The number of Topliss-reactive ketones (excluding diaryl/α,β-unsaturated/α-hetero) is 1. The van der Waals surface area contributed by atoms with E-state index in [1.54, 1.807) is 34.6 Å². The maximum atomic E-state index is 13.6. The zero-order chi connectivity index (χ0) is 24.7. The van der Waals surface area contributed by atoms with Crippen molar-refractivity contribution < 1.29 is 14.4 Å². The summed E-state index contributed by atoms with van der Waals surface area (Å²) in [4.78, 5) is 48.2. The highest BCUT2D eigenvalue weighted by Crippen LogP contribution is 2.30. The number of ketones is 1. The Kier molecular flexibility index (Phi) is 6.70. The second-order valence-corrected chi connectivity index (χ2v) is 10.8. The van der Waals surface area contributed by atoms with E-state index in [9.17, 15) is 14.4 Å². The van der Waals surface area contributed by atoms with Crippen molar-refractivity contribution in [3.63, 3.8) is 0 Å². The minimum Gasteiger partial charge on any atom is -0.360 e. The molecule has 0 radical (unpaired) electrons. The molecule has 184 valence electrons. The molecule has 9 heteroatoms. The molecule has 0 unspecified atom stereocenters. The summed E-state index contributed by atoms with van der Waals surface area (Å²) in [5, 5.41) is 5.12. The van der Waals surface area contributed by atoms with Crippen LogP contribution in [0, 0.1) is 0 Å². The molecule has 2 aliphatic rings. The van der Waals surface area contributed by atoms with Gasteiger partial charge >= 0.3 is 0 Å². The Morgan fingerprint density at radius 2 is 1.86 bits per heavy atom. The van der Waals surface area contributed by atoms with Gasteiger partial charge in [0.05, 0.1) is 16.1 Å². The van der Waals surface area contributed by atoms with Gasteiger partial charge in [-0.2, -0.15) is 11.3 Å². The number of nitrogens with one attached hydrogen (secondary N) is 1. The Balaban J connectivity index is 1.38. The highest BCUT2D eigenvalue weighted by Gasteiger charge is 2.34. The number of amides is 2. The average molecular weight is 513 g/mol. The molecule has 35 heavy (non-hydrogen) atoms. The van der Waals surface area contributed by atoms with Crippen molar-refractivity contribution in [2.24, 2.45) is 0 Å². The molecule has 1 N–H and O–H groups in total. The van der Waals surface area contributed by atoms with Crippen molar-refractivity contribution in [3.05, 3.63) is 56.9 Å². The highest BCUT2D eigenvalue weighted by molar-refractivity contribution is 7.07. The summed E-state index contributed by atoms with van der Waals surface area (Å²) in [5.74, 6) is -1.20. The Labute approximate surface area is 213 Å². The summed E-state index contributed by atoms with van der Waals surface area (Å²) in [6.45, 7) is 7.62. The van der Waals surface area contributed by atoms with Gasteiger partial charge < -0.3 is 14.8 Å². The Bertz CT molecular complexity index is 1270. The quantitative estimate of drug-likeness (QED) is 0.405. The number of H-pyrrole nitrogens is 1. The Morgan fingerprint density at radius 1 is 1.09 bits per heavy atom. The average Bonchev–Trinajstić information content (AvgIpc) is 3.61. The van der Waals surface area contributed by atoms with Crippen LogP contribution in [0.3, 0.4) is 0 Å². The van der Waals surface area contributed by atoms with Gasteiger partial charge in [0.2, 0.25) is 0 Å². The van der Waals surface area contributed by atoms with Crippen LogP contribution in [0.4, 0.5) is 0 Å². The number of rotatable bonds is 5. The third-order valence-corrected chi connectivity index (χ3v) is 8.22. The number of nitrogens with zero attached hydrogens (tertiary/aromatic N) is 3. The van der Waals surface area contributed by atoms with Gasteiger partial charge in [-0.05, 0) is 61.2 Å². The summed E-state index contributed by atoms with van der Waals surface area (Å²) in [5.41, 5.74) is 2.55. The van der Waals surface area contributed by atoms with Crippen molar-refractivity contribution in [3.8, 4) is 0 Å². The van der Waals surface area contributed by atoms with Gasteiger partial charge in [-0.1, -0.05) is 11.6 Å². The maximum Gasteiger partial charge on any atom is 0.295 e. The first-order valence-corrected chi connectivity index (χ1v) is 13.4. The second-order valence-electron chi connectivity index (χ2n) is 9.63.